The quantitative estimate of drug-likeness (QED) is 0.741. The van der Waals surface area contributed by atoms with Crippen molar-refractivity contribution in [3.05, 3.63) is 53.6 Å². The molecular weight excluding hydrogens is 378 g/mol. The van der Waals surface area contributed by atoms with Gasteiger partial charge in [0.25, 0.3) is 0 Å². The number of nitrogens with zero attached hydrogens (tertiary/aromatic N) is 1. The Morgan fingerprint density at radius 3 is 1.77 bits per heavy atom. The summed E-state index contributed by atoms with van der Waals surface area (Å²) in [5, 5.41) is 0. The van der Waals surface area contributed by atoms with E-state index in [1.807, 2.05) is 0 Å². The van der Waals surface area contributed by atoms with Crippen LogP contribution in [0.1, 0.15) is 0 Å². The Hall–Kier alpha value is -2.33. The van der Waals surface area contributed by atoms with Crippen molar-refractivity contribution in [1.82, 2.24) is 4.31 Å². The van der Waals surface area contributed by atoms with Crippen molar-refractivity contribution in [2.75, 3.05) is 13.1 Å². The van der Waals surface area contributed by atoms with Gasteiger partial charge in [-0.2, -0.15) is 4.31 Å². The molecule has 0 aromatic heterocycles. The summed E-state index contributed by atoms with van der Waals surface area (Å²) in [6, 6.07) is 3.68. The number of rotatable bonds is 2. The van der Waals surface area contributed by atoms with Crippen LogP contribution in [0, 0.1) is 23.3 Å². The van der Waals surface area contributed by atoms with Crippen molar-refractivity contribution < 1.29 is 35.5 Å². The molecule has 2 atom stereocenters. The molecule has 0 aliphatic carbocycles. The number of ether oxygens (including phenoxy) is 2. The first-order valence-electron chi connectivity index (χ1n) is 7.53. The summed E-state index contributed by atoms with van der Waals surface area (Å²) in [6.07, 6.45) is -1.76. The first-order valence-corrected chi connectivity index (χ1v) is 8.97. The summed E-state index contributed by atoms with van der Waals surface area (Å²) in [4.78, 5) is -0.566. The molecule has 0 bridgehead atoms. The average Bonchev–Trinajstić information content (AvgIpc) is 3.00. The Kier molecular flexibility index (Phi) is 3.85. The fraction of sp³-hybridized carbons (Fsp3) is 0.250. The number of benzene rings is 2. The first-order chi connectivity index (χ1) is 12.3. The van der Waals surface area contributed by atoms with Crippen molar-refractivity contribution in [2.24, 2.45) is 0 Å². The second kappa shape index (κ2) is 5.85. The highest BCUT2D eigenvalue weighted by Crippen LogP contribution is 2.41. The second-order valence-electron chi connectivity index (χ2n) is 5.93. The van der Waals surface area contributed by atoms with E-state index in [2.05, 4.69) is 0 Å². The molecule has 2 aliphatic rings. The normalized spacial score (nSPS) is 22.3. The molecule has 2 aliphatic heterocycles. The van der Waals surface area contributed by atoms with Gasteiger partial charge in [-0.1, -0.05) is 0 Å². The Labute approximate surface area is 145 Å². The zero-order valence-corrected chi connectivity index (χ0v) is 13.8. The second-order valence-corrected chi connectivity index (χ2v) is 7.87. The van der Waals surface area contributed by atoms with E-state index in [1.54, 1.807) is 0 Å². The van der Waals surface area contributed by atoms with Crippen LogP contribution in [0.15, 0.2) is 35.2 Å². The van der Waals surface area contributed by atoms with Gasteiger partial charge in [-0.3, -0.25) is 0 Å². The van der Waals surface area contributed by atoms with Crippen LogP contribution in [0.2, 0.25) is 0 Å². The molecule has 2 heterocycles. The zero-order chi connectivity index (χ0) is 18.6. The molecule has 0 radical (unpaired) electrons. The zero-order valence-electron chi connectivity index (χ0n) is 13.0. The maximum absolute atomic E-state index is 13.8. The lowest BCUT2D eigenvalue weighted by Crippen LogP contribution is -2.39. The number of hydrogen-bond acceptors (Lipinski definition) is 4. The fourth-order valence-corrected chi connectivity index (χ4v) is 4.50. The molecule has 0 spiro atoms. The molecule has 0 saturated carbocycles. The molecule has 138 valence electrons. The van der Waals surface area contributed by atoms with Gasteiger partial charge >= 0.3 is 0 Å². The molecule has 0 unspecified atom stereocenters. The summed E-state index contributed by atoms with van der Waals surface area (Å²) < 4.78 is 91.2. The lowest BCUT2D eigenvalue weighted by atomic mass is 10.2. The monoisotopic (exact) mass is 389 g/mol. The van der Waals surface area contributed by atoms with Gasteiger partial charge in [-0.15, -0.1) is 0 Å². The lowest BCUT2D eigenvalue weighted by molar-refractivity contribution is 0.0467. The van der Waals surface area contributed by atoms with Gasteiger partial charge in [0.05, 0.1) is 18.0 Å². The molecule has 1 fully saturated rings. The Balaban J connectivity index is 1.64. The van der Waals surface area contributed by atoms with Crippen LogP contribution in [0.3, 0.4) is 0 Å². The predicted octanol–water partition coefficient (Wildman–Crippen LogP) is 2.46. The van der Waals surface area contributed by atoms with Gasteiger partial charge in [0, 0.05) is 6.07 Å². The molecule has 5 nitrogen and oxygen atoms in total. The Morgan fingerprint density at radius 1 is 0.846 bits per heavy atom. The third kappa shape index (κ3) is 2.69. The van der Waals surface area contributed by atoms with Crippen molar-refractivity contribution in [1.29, 1.82) is 0 Å². The minimum Gasteiger partial charge on any atom is -0.478 e. The minimum absolute atomic E-state index is 0.236. The number of sulfonamides is 1. The number of hydrogen-bond donors (Lipinski definition) is 0. The summed E-state index contributed by atoms with van der Waals surface area (Å²) >= 11 is 0. The molecule has 0 N–H and O–H groups in total. The minimum atomic E-state index is -4.24. The van der Waals surface area contributed by atoms with E-state index in [4.69, 9.17) is 9.47 Å². The van der Waals surface area contributed by atoms with Gasteiger partial charge in [-0.25, -0.2) is 26.0 Å². The smallest absolute Gasteiger partial charge is 0.243 e. The highest BCUT2D eigenvalue weighted by molar-refractivity contribution is 7.89. The van der Waals surface area contributed by atoms with Crippen LogP contribution in [-0.4, -0.2) is 38.0 Å². The van der Waals surface area contributed by atoms with Gasteiger partial charge < -0.3 is 9.47 Å². The maximum atomic E-state index is 13.8. The van der Waals surface area contributed by atoms with Crippen molar-refractivity contribution in [2.45, 2.75) is 17.1 Å². The van der Waals surface area contributed by atoms with E-state index in [0.717, 1.165) is 16.4 Å². The molecule has 10 heteroatoms. The molecule has 0 amide bonds. The summed E-state index contributed by atoms with van der Waals surface area (Å²) in [5.41, 5.74) is 0. The highest BCUT2D eigenvalue weighted by Gasteiger charge is 2.46. The van der Waals surface area contributed by atoms with Gasteiger partial charge in [-0.05, 0) is 24.3 Å². The van der Waals surface area contributed by atoms with Crippen LogP contribution in [0.5, 0.6) is 11.5 Å². The lowest BCUT2D eigenvalue weighted by Gasteiger charge is -2.28. The third-order valence-electron chi connectivity index (χ3n) is 4.21. The first kappa shape index (κ1) is 17.1. The summed E-state index contributed by atoms with van der Waals surface area (Å²) in [5.74, 6) is -4.61. The van der Waals surface area contributed by atoms with Crippen molar-refractivity contribution >= 4 is 10.0 Å². The topological polar surface area (TPSA) is 55.8 Å². The molecular formula is C16H11F4NO4S. The highest BCUT2D eigenvalue weighted by atomic mass is 32.2. The standard InChI is InChI=1S/C16H11F4NO4S/c17-8-3-9(18)5-10(4-8)26(22,23)21-6-13-14(7-21)25-16-12(20)2-1-11(19)15(16)24-13/h1-5,13-14H,6-7H2/t13-,14+. The molecule has 2 aromatic rings. The van der Waals surface area contributed by atoms with E-state index in [1.165, 1.54) is 0 Å². The van der Waals surface area contributed by atoms with Crippen molar-refractivity contribution in [3.8, 4) is 11.5 Å². The average molecular weight is 389 g/mol. The third-order valence-corrected chi connectivity index (χ3v) is 6.02. The molecule has 26 heavy (non-hydrogen) atoms. The van der Waals surface area contributed by atoms with E-state index in [-0.39, 0.29) is 13.1 Å². The van der Waals surface area contributed by atoms with Gasteiger partial charge in [0.1, 0.15) is 11.6 Å². The predicted molar refractivity (Wildman–Crippen MR) is 80.3 cm³/mol. The van der Waals surface area contributed by atoms with E-state index >= 15 is 0 Å². The van der Waals surface area contributed by atoms with E-state index in [0.29, 0.717) is 18.2 Å². The van der Waals surface area contributed by atoms with Crippen LogP contribution in [-0.2, 0) is 10.0 Å². The number of fused-ring (bicyclic) bond motifs is 2. The SMILES string of the molecule is O=S(=O)(c1cc(F)cc(F)c1)N1C[C@@H]2Oc3c(F)ccc(F)c3O[C@@H]2C1. The Morgan fingerprint density at radius 2 is 1.31 bits per heavy atom. The van der Waals surface area contributed by atoms with Crippen LogP contribution < -0.4 is 9.47 Å². The summed E-state index contributed by atoms with van der Waals surface area (Å²) in [6.45, 7) is -0.471. The van der Waals surface area contributed by atoms with E-state index < -0.39 is 61.9 Å². The molecule has 2 aromatic carbocycles. The van der Waals surface area contributed by atoms with Gasteiger partial charge in [0.15, 0.2) is 23.8 Å². The van der Waals surface area contributed by atoms with Crippen LogP contribution in [0.4, 0.5) is 17.6 Å². The van der Waals surface area contributed by atoms with Crippen LogP contribution >= 0.6 is 0 Å². The molecule has 1 saturated heterocycles. The fourth-order valence-electron chi connectivity index (χ4n) is 3.00. The largest absolute Gasteiger partial charge is 0.478 e. The van der Waals surface area contributed by atoms with E-state index in [9.17, 15) is 26.0 Å². The number of halogens is 4. The Bertz CT molecular complexity index is 939. The summed E-state index contributed by atoms with van der Waals surface area (Å²) in [7, 11) is -4.24. The molecule has 4 rings (SSSR count). The maximum Gasteiger partial charge on any atom is 0.243 e. The van der Waals surface area contributed by atoms with Gasteiger partial charge in [0.2, 0.25) is 21.5 Å². The van der Waals surface area contributed by atoms with Crippen molar-refractivity contribution in [3.63, 3.8) is 0 Å². The van der Waals surface area contributed by atoms with Crippen LogP contribution in [0.25, 0.3) is 0 Å².